The Bertz CT molecular complexity index is 667. The molecule has 1 aromatic heterocycles. The van der Waals surface area contributed by atoms with Gasteiger partial charge in [-0.3, -0.25) is 0 Å². The summed E-state index contributed by atoms with van der Waals surface area (Å²) in [6.45, 7) is 0.600. The number of fused-ring (bicyclic) bond motifs is 1. The van der Waals surface area contributed by atoms with Crippen molar-refractivity contribution >= 4 is 10.9 Å². The highest BCUT2D eigenvalue weighted by Crippen LogP contribution is 2.18. The van der Waals surface area contributed by atoms with Gasteiger partial charge in [0, 0.05) is 18.3 Å². The van der Waals surface area contributed by atoms with Gasteiger partial charge in [-0.15, -0.1) is 0 Å². The lowest BCUT2D eigenvalue weighted by Crippen LogP contribution is -2.01. The van der Waals surface area contributed by atoms with Gasteiger partial charge in [-0.1, -0.05) is 30.3 Å². The Morgan fingerprint density at radius 3 is 2.61 bits per heavy atom. The van der Waals surface area contributed by atoms with Crippen LogP contribution in [0.3, 0.4) is 0 Å². The normalized spacial score (nSPS) is 10.9. The van der Waals surface area contributed by atoms with Gasteiger partial charge in [0.2, 0.25) is 0 Å². The topological polar surface area (TPSA) is 41.8 Å². The summed E-state index contributed by atoms with van der Waals surface area (Å²) in [6.07, 6.45) is 2.91. The highest BCUT2D eigenvalue weighted by atomic mass is 14.7. The summed E-state index contributed by atoms with van der Waals surface area (Å²) in [5.41, 5.74) is 10.8. The van der Waals surface area contributed by atoms with Crippen molar-refractivity contribution in [3.05, 3.63) is 71.4 Å². The van der Waals surface area contributed by atoms with Crippen LogP contribution in [0.15, 0.2) is 54.7 Å². The first-order valence-electron chi connectivity index (χ1n) is 6.19. The molecule has 3 N–H and O–H groups in total. The minimum Gasteiger partial charge on any atom is -0.361 e. The summed E-state index contributed by atoms with van der Waals surface area (Å²) in [6, 6.07) is 17.0. The third-order valence-electron chi connectivity index (χ3n) is 3.35. The Labute approximate surface area is 106 Å². The Morgan fingerprint density at radius 1 is 0.944 bits per heavy atom. The van der Waals surface area contributed by atoms with Gasteiger partial charge in [0.05, 0.1) is 0 Å². The van der Waals surface area contributed by atoms with Gasteiger partial charge in [-0.25, -0.2) is 0 Å². The molecule has 1 heterocycles. The first-order valence-corrected chi connectivity index (χ1v) is 6.19. The minimum atomic E-state index is 0.600. The fourth-order valence-electron chi connectivity index (χ4n) is 2.36. The molecule has 2 aromatic carbocycles. The quantitative estimate of drug-likeness (QED) is 0.720. The molecule has 3 aromatic rings. The lowest BCUT2D eigenvalue weighted by atomic mass is 9.99. The fraction of sp³-hybridized carbons (Fsp3) is 0.125. The van der Waals surface area contributed by atoms with E-state index in [1.54, 1.807) is 0 Å². The standard InChI is InChI=1S/C16H16N2/c17-11-15-4-2-1-3-13(15)9-12-5-6-16-14(10-12)7-8-18-16/h1-8,10,18H,9,11,17H2. The number of aromatic nitrogens is 1. The smallest absolute Gasteiger partial charge is 0.0454 e. The van der Waals surface area contributed by atoms with Crippen molar-refractivity contribution in [2.24, 2.45) is 5.73 Å². The molecule has 0 aliphatic rings. The van der Waals surface area contributed by atoms with Gasteiger partial charge >= 0.3 is 0 Å². The molecule has 0 aliphatic carbocycles. The lowest BCUT2D eigenvalue weighted by molar-refractivity contribution is 1.02. The first kappa shape index (κ1) is 11.1. The van der Waals surface area contributed by atoms with E-state index in [-0.39, 0.29) is 0 Å². The van der Waals surface area contributed by atoms with Crippen LogP contribution in [0.1, 0.15) is 16.7 Å². The van der Waals surface area contributed by atoms with Crippen LogP contribution in [0.2, 0.25) is 0 Å². The summed E-state index contributed by atoms with van der Waals surface area (Å²) >= 11 is 0. The highest BCUT2D eigenvalue weighted by molar-refractivity contribution is 5.80. The maximum Gasteiger partial charge on any atom is 0.0454 e. The van der Waals surface area contributed by atoms with Gasteiger partial charge in [0.1, 0.15) is 0 Å². The molecule has 2 nitrogen and oxygen atoms in total. The van der Waals surface area contributed by atoms with Crippen molar-refractivity contribution in [1.29, 1.82) is 0 Å². The van der Waals surface area contributed by atoms with Crippen molar-refractivity contribution < 1.29 is 0 Å². The van der Waals surface area contributed by atoms with Gasteiger partial charge in [-0.05, 0) is 46.7 Å². The molecule has 18 heavy (non-hydrogen) atoms. The molecule has 0 aliphatic heterocycles. The second-order valence-corrected chi connectivity index (χ2v) is 4.55. The molecule has 0 amide bonds. The average molecular weight is 236 g/mol. The SMILES string of the molecule is NCc1ccccc1Cc1ccc2[nH]ccc2c1. The first-order chi connectivity index (χ1) is 8.86. The molecule has 0 bridgehead atoms. The van der Waals surface area contributed by atoms with E-state index >= 15 is 0 Å². The van der Waals surface area contributed by atoms with Crippen molar-refractivity contribution in [2.45, 2.75) is 13.0 Å². The third kappa shape index (κ3) is 2.03. The highest BCUT2D eigenvalue weighted by Gasteiger charge is 2.03. The zero-order chi connectivity index (χ0) is 12.4. The maximum absolute atomic E-state index is 5.77. The number of hydrogen-bond acceptors (Lipinski definition) is 1. The lowest BCUT2D eigenvalue weighted by Gasteiger charge is -2.07. The van der Waals surface area contributed by atoms with Crippen LogP contribution in [-0.2, 0) is 13.0 Å². The molecule has 0 spiro atoms. The Kier molecular flexibility index (Phi) is 2.87. The second-order valence-electron chi connectivity index (χ2n) is 4.55. The van der Waals surface area contributed by atoms with Crippen LogP contribution in [0.5, 0.6) is 0 Å². The van der Waals surface area contributed by atoms with Gasteiger partial charge < -0.3 is 10.7 Å². The summed E-state index contributed by atoms with van der Waals surface area (Å²) in [5.74, 6) is 0. The fourth-order valence-corrected chi connectivity index (χ4v) is 2.36. The molecule has 2 heteroatoms. The van der Waals surface area contributed by atoms with E-state index in [2.05, 4.69) is 47.4 Å². The van der Waals surface area contributed by atoms with Gasteiger partial charge in [0.15, 0.2) is 0 Å². The maximum atomic E-state index is 5.77. The second kappa shape index (κ2) is 4.67. The van der Waals surface area contributed by atoms with Crippen LogP contribution < -0.4 is 5.73 Å². The molecule has 0 fully saturated rings. The molecule has 3 rings (SSSR count). The van der Waals surface area contributed by atoms with E-state index in [1.807, 2.05) is 12.3 Å². The number of nitrogens with two attached hydrogens (primary N) is 1. The minimum absolute atomic E-state index is 0.600. The molecule has 0 atom stereocenters. The van der Waals surface area contributed by atoms with E-state index < -0.39 is 0 Å². The van der Waals surface area contributed by atoms with E-state index in [1.165, 1.54) is 27.6 Å². The van der Waals surface area contributed by atoms with Crippen LogP contribution >= 0.6 is 0 Å². The van der Waals surface area contributed by atoms with E-state index in [0.717, 1.165) is 6.42 Å². The Balaban J connectivity index is 1.95. The molecule has 0 saturated carbocycles. The summed E-state index contributed by atoms with van der Waals surface area (Å²) in [5, 5.41) is 1.26. The Hall–Kier alpha value is -2.06. The summed E-state index contributed by atoms with van der Waals surface area (Å²) in [4.78, 5) is 3.21. The number of rotatable bonds is 3. The van der Waals surface area contributed by atoms with Crippen LogP contribution in [0, 0.1) is 0 Å². The predicted molar refractivity (Wildman–Crippen MR) is 75.4 cm³/mol. The van der Waals surface area contributed by atoms with Crippen LogP contribution in [-0.4, -0.2) is 4.98 Å². The van der Waals surface area contributed by atoms with E-state index in [9.17, 15) is 0 Å². The van der Waals surface area contributed by atoms with E-state index in [0.29, 0.717) is 6.54 Å². The van der Waals surface area contributed by atoms with Gasteiger partial charge in [0.25, 0.3) is 0 Å². The number of benzene rings is 2. The van der Waals surface area contributed by atoms with Gasteiger partial charge in [-0.2, -0.15) is 0 Å². The largest absolute Gasteiger partial charge is 0.361 e. The number of H-pyrrole nitrogens is 1. The number of hydrogen-bond donors (Lipinski definition) is 2. The summed E-state index contributed by atoms with van der Waals surface area (Å²) < 4.78 is 0. The summed E-state index contributed by atoms with van der Waals surface area (Å²) in [7, 11) is 0. The molecule has 90 valence electrons. The average Bonchev–Trinajstić information content (AvgIpc) is 2.87. The molecule has 0 saturated heterocycles. The third-order valence-corrected chi connectivity index (χ3v) is 3.35. The van der Waals surface area contributed by atoms with Crippen molar-refractivity contribution in [3.8, 4) is 0 Å². The van der Waals surface area contributed by atoms with Crippen molar-refractivity contribution in [1.82, 2.24) is 4.98 Å². The zero-order valence-electron chi connectivity index (χ0n) is 10.2. The monoisotopic (exact) mass is 236 g/mol. The van der Waals surface area contributed by atoms with Crippen molar-refractivity contribution in [2.75, 3.05) is 0 Å². The van der Waals surface area contributed by atoms with Crippen LogP contribution in [0.4, 0.5) is 0 Å². The van der Waals surface area contributed by atoms with Crippen molar-refractivity contribution in [3.63, 3.8) is 0 Å². The molecular formula is C16H16N2. The van der Waals surface area contributed by atoms with E-state index in [4.69, 9.17) is 5.73 Å². The molecule has 0 unspecified atom stereocenters. The molecule has 0 radical (unpaired) electrons. The molecular weight excluding hydrogens is 220 g/mol. The number of nitrogens with one attached hydrogen (secondary N) is 1. The Morgan fingerprint density at radius 2 is 1.78 bits per heavy atom. The number of aromatic amines is 1. The predicted octanol–water partition coefficient (Wildman–Crippen LogP) is 3.22. The van der Waals surface area contributed by atoms with Crippen LogP contribution in [0.25, 0.3) is 10.9 Å². The zero-order valence-corrected chi connectivity index (χ0v) is 10.2.